The van der Waals surface area contributed by atoms with E-state index in [9.17, 15) is 20.0 Å². The molecule has 86 valence electrons. The number of alkyl halides is 1. The molecule has 1 rings (SSSR count). The number of aliphatic carboxylic acids is 1. The third kappa shape index (κ3) is 2.72. The lowest BCUT2D eigenvalue weighted by molar-refractivity contribution is -0.386. The molecule has 0 radical (unpaired) electrons. The molecule has 0 saturated heterocycles. The van der Waals surface area contributed by atoms with Crippen molar-refractivity contribution in [3.8, 4) is 5.75 Å². The van der Waals surface area contributed by atoms with Gasteiger partial charge in [0.15, 0.2) is 0 Å². The average molecular weight is 449 g/mol. The van der Waals surface area contributed by atoms with E-state index >= 15 is 0 Å². The van der Waals surface area contributed by atoms with E-state index < -0.39 is 26.3 Å². The van der Waals surface area contributed by atoms with Crippen LogP contribution in [0, 0.1) is 13.7 Å². The van der Waals surface area contributed by atoms with Crippen LogP contribution in [0.5, 0.6) is 5.75 Å². The highest BCUT2D eigenvalue weighted by Gasteiger charge is 2.23. The van der Waals surface area contributed by atoms with Gasteiger partial charge < -0.3 is 10.2 Å². The van der Waals surface area contributed by atoms with Gasteiger partial charge in [0, 0.05) is 6.07 Å². The number of hydrogen-bond acceptors (Lipinski definition) is 4. The molecule has 8 heteroatoms. The largest absolute Gasteiger partial charge is 0.501 e. The number of carbonyl (C=O) groups is 1. The molecule has 0 saturated carbocycles. The first-order chi connectivity index (χ1) is 7.34. The van der Waals surface area contributed by atoms with E-state index in [1.165, 1.54) is 6.07 Å². The lowest BCUT2D eigenvalue weighted by Gasteiger charge is -2.07. The van der Waals surface area contributed by atoms with Gasteiger partial charge in [0.25, 0.3) is 0 Å². The predicted octanol–water partition coefficient (Wildman–Crippen LogP) is 2.47. The Morgan fingerprint density at radius 2 is 2.06 bits per heavy atom. The normalized spacial score (nSPS) is 12.1. The van der Waals surface area contributed by atoms with Crippen molar-refractivity contribution in [3.05, 3.63) is 31.4 Å². The van der Waals surface area contributed by atoms with Gasteiger partial charge >= 0.3 is 11.7 Å². The van der Waals surface area contributed by atoms with Crippen molar-refractivity contribution in [1.29, 1.82) is 0 Å². The van der Waals surface area contributed by atoms with Gasteiger partial charge in [-0.3, -0.25) is 14.9 Å². The number of hydrogen-bond donors (Lipinski definition) is 2. The molecule has 1 atom stereocenters. The summed E-state index contributed by atoms with van der Waals surface area (Å²) < 4.78 is -0.630. The zero-order valence-electron chi connectivity index (χ0n) is 7.55. The molecule has 16 heavy (non-hydrogen) atoms. The molecule has 0 aliphatic heterocycles. The summed E-state index contributed by atoms with van der Waals surface area (Å²) in [6, 6.07) is 2.48. The van der Waals surface area contributed by atoms with E-state index in [2.05, 4.69) is 0 Å². The first-order valence-corrected chi connectivity index (χ1v) is 6.20. The third-order valence-electron chi connectivity index (χ3n) is 1.77. The third-order valence-corrected chi connectivity index (χ3v) is 3.85. The van der Waals surface area contributed by atoms with Crippen LogP contribution in [0.3, 0.4) is 0 Å². The quantitative estimate of drug-likeness (QED) is 0.320. The lowest BCUT2D eigenvalue weighted by atomic mass is 10.1. The summed E-state index contributed by atoms with van der Waals surface area (Å²) in [5.74, 6) is -1.53. The van der Waals surface area contributed by atoms with Crippen LogP contribution in [0.1, 0.15) is 9.49 Å². The fourth-order valence-corrected chi connectivity index (χ4v) is 2.03. The van der Waals surface area contributed by atoms with Crippen LogP contribution in [0.15, 0.2) is 12.1 Å². The highest BCUT2D eigenvalue weighted by atomic mass is 127. The Hall–Kier alpha value is -0.650. The van der Waals surface area contributed by atoms with Crippen LogP contribution in [-0.2, 0) is 4.79 Å². The molecule has 6 nitrogen and oxygen atoms in total. The first kappa shape index (κ1) is 13.4. The Morgan fingerprint density at radius 1 is 1.50 bits per heavy atom. The number of benzene rings is 1. The molecular formula is C8H5I2NO5. The highest BCUT2D eigenvalue weighted by Crippen LogP contribution is 2.36. The molecule has 0 aliphatic carbocycles. The van der Waals surface area contributed by atoms with E-state index in [1.807, 2.05) is 0 Å². The van der Waals surface area contributed by atoms with Crippen molar-refractivity contribution in [2.75, 3.05) is 0 Å². The number of nitro benzene ring substituents is 1. The molecule has 1 unspecified atom stereocenters. The Kier molecular flexibility index (Phi) is 4.29. The van der Waals surface area contributed by atoms with Gasteiger partial charge in [-0.05, 0) is 34.2 Å². The Morgan fingerprint density at radius 3 is 2.50 bits per heavy atom. The van der Waals surface area contributed by atoms with Crippen molar-refractivity contribution in [3.63, 3.8) is 0 Å². The van der Waals surface area contributed by atoms with Gasteiger partial charge in [0.1, 0.15) is 3.92 Å². The Balaban J connectivity index is 3.34. The summed E-state index contributed by atoms with van der Waals surface area (Å²) in [5, 5.41) is 28.8. The molecule has 0 bridgehead atoms. The summed E-state index contributed by atoms with van der Waals surface area (Å²) >= 11 is 3.37. The van der Waals surface area contributed by atoms with Crippen LogP contribution in [-0.4, -0.2) is 21.1 Å². The number of halogens is 2. The van der Waals surface area contributed by atoms with Gasteiger partial charge in [0.05, 0.1) is 8.49 Å². The topological polar surface area (TPSA) is 101 Å². The number of carboxylic acids is 1. The fourth-order valence-electron chi connectivity index (χ4n) is 1.03. The van der Waals surface area contributed by atoms with Gasteiger partial charge in [-0.15, -0.1) is 0 Å². The number of phenols is 1. The van der Waals surface area contributed by atoms with Gasteiger partial charge in [-0.25, -0.2) is 0 Å². The zero-order chi connectivity index (χ0) is 12.5. The Labute approximate surface area is 117 Å². The van der Waals surface area contributed by atoms with Gasteiger partial charge in [-0.2, -0.15) is 0 Å². The summed E-state index contributed by atoms with van der Waals surface area (Å²) in [4.78, 5) is 20.6. The smallest absolute Gasteiger partial charge is 0.321 e. The first-order valence-electron chi connectivity index (χ1n) is 3.88. The van der Waals surface area contributed by atoms with Crippen molar-refractivity contribution in [2.24, 2.45) is 0 Å². The number of rotatable bonds is 3. The standard InChI is InChI=1S/C8H5I2NO5/c9-4-1-3(6(10)8(13)14)2-5(7(4)12)11(15)16/h1-2,6,12H,(H,13,14). The molecule has 1 aromatic rings. The average Bonchev–Trinajstić information content (AvgIpc) is 2.20. The molecule has 1 aromatic carbocycles. The summed E-state index contributed by atoms with van der Waals surface area (Å²) in [6.45, 7) is 0. The minimum absolute atomic E-state index is 0.254. The van der Waals surface area contributed by atoms with Gasteiger partial charge in [-0.1, -0.05) is 22.6 Å². The van der Waals surface area contributed by atoms with E-state index in [-0.39, 0.29) is 9.13 Å². The second-order valence-corrected chi connectivity index (χ2v) is 5.24. The van der Waals surface area contributed by atoms with Crippen molar-refractivity contribution in [2.45, 2.75) is 3.92 Å². The minimum Gasteiger partial charge on any atom is -0.501 e. The molecular weight excluding hydrogens is 444 g/mol. The van der Waals surface area contributed by atoms with Crippen LogP contribution in [0.4, 0.5) is 5.69 Å². The minimum atomic E-state index is -1.09. The monoisotopic (exact) mass is 449 g/mol. The molecule has 0 aromatic heterocycles. The second-order valence-electron chi connectivity index (χ2n) is 2.83. The maximum Gasteiger partial charge on any atom is 0.321 e. The molecule has 0 aliphatic rings. The van der Waals surface area contributed by atoms with Crippen LogP contribution >= 0.6 is 45.2 Å². The van der Waals surface area contributed by atoms with Crippen LogP contribution < -0.4 is 0 Å². The summed E-state index contributed by atoms with van der Waals surface area (Å²) in [6.07, 6.45) is 0. The SMILES string of the molecule is O=C(O)C(I)c1cc(I)c(O)c([N+](=O)[O-])c1. The molecule has 2 N–H and O–H groups in total. The maximum absolute atomic E-state index is 10.7. The number of aromatic hydroxyl groups is 1. The summed E-state index contributed by atoms with van der Waals surface area (Å²) in [7, 11) is 0. The van der Waals surface area contributed by atoms with Crippen molar-refractivity contribution >= 4 is 56.8 Å². The Bertz CT molecular complexity index is 462. The number of carboxylic acid groups (broad SMARTS) is 1. The van der Waals surface area contributed by atoms with Crippen LogP contribution in [0.25, 0.3) is 0 Å². The second kappa shape index (κ2) is 5.12. The number of nitrogens with zero attached hydrogens (tertiary/aromatic N) is 1. The maximum atomic E-state index is 10.7. The van der Waals surface area contributed by atoms with Crippen molar-refractivity contribution in [1.82, 2.24) is 0 Å². The van der Waals surface area contributed by atoms with Crippen LogP contribution in [0.2, 0.25) is 0 Å². The highest BCUT2D eigenvalue weighted by molar-refractivity contribution is 14.1. The van der Waals surface area contributed by atoms with E-state index in [0.717, 1.165) is 6.07 Å². The van der Waals surface area contributed by atoms with E-state index in [1.54, 1.807) is 45.2 Å². The molecule has 0 heterocycles. The number of phenolic OH excluding ortho intramolecular Hbond substituents is 1. The molecule has 0 spiro atoms. The fraction of sp³-hybridized carbons (Fsp3) is 0.125. The number of nitro groups is 1. The van der Waals surface area contributed by atoms with E-state index in [0.29, 0.717) is 0 Å². The van der Waals surface area contributed by atoms with E-state index in [4.69, 9.17) is 5.11 Å². The van der Waals surface area contributed by atoms with Crippen molar-refractivity contribution < 1.29 is 19.9 Å². The molecule has 0 fully saturated rings. The predicted molar refractivity (Wildman–Crippen MR) is 71.9 cm³/mol. The molecule has 0 amide bonds. The zero-order valence-corrected chi connectivity index (χ0v) is 11.9. The summed E-state index contributed by atoms with van der Waals surface area (Å²) in [5.41, 5.74) is -0.202. The lowest BCUT2D eigenvalue weighted by Crippen LogP contribution is -2.05. The van der Waals surface area contributed by atoms with Gasteiger partial charge in [0.2, 0.25) is 5.75 Å².